The van der Waals surface area contributed by atoms with Gasteiger partial charge in [0, 0.05) is 13.0 Å². The van der Waals surface area contributed by atoms with Crippen molar-refractivity contribution in [2.75, 3.05) is 13.2 Å². The third kappa shape index (κ3) is 6.78. The maximum atomic E-state index is 11.5. The Labute approximate surface area is 118 Å². The van der Waals surface area contributed by atoms with Crippen molar-refractivity contribution in [3.8, 4) is 5.75 Å². The van der Waals surface area contributed by atoms with Crippen molar-refractivity contribution in [1.29, 1.82) is 0 Å². The predicted octanol–water partition coefficient (Wildman–Crippen LogP) is 2.00. The SMILES string of the molecule is CCCOc1ccc(CCC(=O)NCCC(=O)O)cc1. The van der Waals surface area contributed by atoms with Crippen molar-refractivity contribution < 1.29 is 19.4 Å². The molecule has 0 saturated heterocycles. The first kappa shape index (κ1) is 16.0. The van der Waals surface area contributed by atoms with Gasteiger partial charge in [0.15, 0.2) is 0 Å². The molecule has 0 unspecified atom stereocenters. The Morgan fingerprint density at radius 2 is 1.90 bits per heavy atom. The molecule has 0 saturated carbocycles. The number of carboxylic acid groups (broad SMARTS) is 1. The first-order valence-electron chi connectivity index (χ1n) is 6.82. The summed E-state index contributed by atoms with van der Waals surface area (Å²) < 4.78 is 5.48. The van der Waals surface area contributed by atoms with Gasteiger partial charge in [0.25, 0.3) is 0 Å². The van der Waals surface area contributed by atoms with E-state index in [9.17, 15) is 9.59 Å². The highest BCUT2D eigenvalue weighted by atomic mass is 16.5. The van der Waals surface area contributed by atoms with Gasteiger partial charge in [-0.05, 0) is 30.5 Å². The second kappa shape index (κ2) is 8.96. The first-order valence-corrected chi connectivity index (χ1v) is 6.82. The van der Waals surface area contributed by atoms with Gasteiger partial charge in [-0.25, -0.2) is 0 Å². The lowest BCUT2D eigenvalue weighted by Gasteiger charge is -2.06. The standard InChI is InChI=1S/C15H21NO4/c1-2-11-20-13-6-3-12(4-7-13)5-8-14(17)16-10-9-15(18)19/h3-4,6-7H,2,5,8-11H2,1H3,(H,16,17)(H,18,19). The van der Waals surface area contributed by atoms with E-state index in [0.717, 1.165) is 17.7 Å². The van der Waals surface area contributed by atoms with Crippen LogP contribution >= 0.6 is 0 Å². The molecule has 0 radical (unpaired) electrons. The van der Waals surface area contributed by atoms with E-state index in [2.05, 4.69) is 12.2 Å². The monoisotopic (exact) mass is 279 g/mol. The molecule has 5 nitrogen and oxygen atoms in total. The van der Waals surface area contributed by atoms with Crippen LogP contribution in [0, 0.1) is 0 Å². The number of hydrogen-bond donors (Lipinski definition) is 2. The molecule has 0 heterocycles. The van der Waals surface area contributed by atoms with Crippen LogP contribution in [-0.2, 0) is 16.0 Å². The number of rotatable bonds is 9. The van der Waals surface area contributed by atoms with Crippen LogP contribution in [0.3, 0.4) is 0 Å². The molecule has 0 fully saturated rings. The van der Waals surface area contributed by atoms with Crippen molar-refractivity contribution in [3.05, 3.63) is 29.8 Å². The average molecular weight is 279 g/mol. The summed E-state index contributed by atoms with van der Waals surface area (Å²) in [5.74, 6) is -0.202. The predicted molar refractivity (Wildman–Crippen MR) is 75.8 cm³/mol. The number of hydrogen-bond acceptors (Lipinski definition) is 3. The molecule has 2 N–H and O–H groups in total. The van der Waals surface area contributed by atoms with Crippen LogP contribution < -0.4 is 10.1 Å². The number of carbonyl (C=O) groups is 2. The van der Waals surface area contributed by atoms with Crippen LogP contribution in [0.1, 0.15) is 31.7 Å². The van der Waals surface area contributed by atoms with Crippen LogP contribution in [-0.4, -0.2) is 30.1 Å². The average Bonchev–Trinajstić information content (AvgIpc) is 2.43. The van der Waals surface area contributed by atoms with Gasteiger partial charge in [0.1, 0.15) is 5.75 Å². The summed E-state index contributed by atoms with van der Waals surface area (Å²) in [5, 5.41) is 11.0. The molecule has 0 bridgehead atoms. The fourth-order valence-electron chi connectivity index (χ4n) is 1.63. The summed E-state index contributed by atoms with van der Waals surface area (Å²) >= 11 is 0. The number of nitrogens with one attached hydrogen (secondary N) is 1. The van der Waals surface area contributed by atoms with E-state index in [1.165, 1.54) is 0 Å². The summed E-state index contributed by atoms with van der Waals surface area (Å²) in [5.41, 5.74) is 1.06. The molecule has 0 spiro atoms. The quantitative estimate of drug-likeness (QED) is 0.725. The van der Waals surface area contributed by atoms with Gasteiger partial charge < -0.3 is 15.2 Å². The number of ether oxygens (including phenoxy) is 1. The van der Waals surface area contributed by atoms with Gasteiger partial charge in [-0.15, -0.1) is 0 Å². The number of amides is 1. The molecule has 20 heavy (non-hydrogen) atoms. The summed E-state index contributed by atoms with van der Waals surface area (Å²) in [6.07, 6.45) is 1.91. The summed E-state index contributed by atoms with van der Waals surface area (Å²) in [6.45, 7) is 2.93. The van der Waals surface area contributed by atoms with Crippen molar-refractivity contribution in [2.24, 2.45) is 0 Å². The van der Waals surface area contributed by atoms with Crippen molar-refractivity contribution in [3.63, 3.8) is 0 Å². The molecule has 1 rings (SSSR count). The molecule has 1 aromatic rings. The molecule has 0 aliphatic rings. The number of aliphatic carboxylic acids is 1. The molecular weight excluding hydrogens is 258 g/mol. The molecule has 0 atom stereocenters. The minimum absolute atomic E-state index is 0.0464. The largest absolute Gasteiger partial charge is 0.494 e. The van der Waals surface area contributed by atoms with Crippen molar-refractivity contribution in [1.82, 2.24) is 5.32 Å². The lowest BCUT2D eigenvalue weighted by Crippen LogP contribution is -2.26. The van der Waals surface area contributed by atoms with Crippen LogP contribution in [0.15, 0.2) is 24.3 Å². The zero-order chi connectivity index (χ0) is 14.8. The van der Waals surface area contributed by atoms with E-state index >= 15 is 0 Å². The van der Waals surface area contributed by atoms with E-state index in [1.54, 1.807) is 0 Å². The third-order valence-corrected chi connectivity index (χ3v) is 2.70. The molecular formula is C15H21NO4. The van der Waals surface area contributed by atoms with E-state index in [4.69, 9.17) is 9.84 Å². The van der Waals surface area contributed by atoms with Gasteiger partial charge >= 0.3 is 5.97 Å². The Kier molecular flexibility index (Phi) is 7.17. The number of carbonyl (C=O) groups excluding carboxylic acids is 1. The highest BCUT2D eigenvalue weighted by Gasteiger charge is 2.03. The molecule has 1 aromatic carbocycles. The molecule has 0 aliphatic heterocycles. The topological polar surface area (TPSA) is 75.6 Å². The van der Waals surface area contributed by atoms with Gasteiger partial charge in [-0.1, -0.05) is 19.1 Å². The van der Waals surface area contributed by atoms with E-state index in [-0.39, 0.29) is 18.9 Å². The zero-order valence-electron chi connectivity index (χ0n) is 11.7. The minimum Gasteiger partial charge on any atom is -0.494 e. The Balaban J connectivity index is 2.27. The normalized spacial score (nSPS) is 10.1. The van der Waals surface area contributed by atoms with Gasteiger partial charge in [0.2, 0.25) is 5.91 Å². The summed E-state index contributed by atoms with van der Waals surface area (Å²) in [6, 6.07) is 7.67. The fourth-order valence-corrected chi connectivity index (χ4v) is 1.63. The van der Waals surface area contributed by atoms with E-state index in [1.807, 2.05) is 24.3 Å². The summed E-state index contributed by atoms with van der Waals surface area (Å²) in [7, 11) is 0. The molecule has 1 amide bonds. The Bertz CT molecular complexity index is 428. The second-order valence-corrected chi connectivity index (χ2v) is 4.49. The van der Waals surface area contributed by atoms with E-state index < -0.39 is 5.97 Å². The fraction of sp³-hybridized carbons (Fsp3) is 0.467. The van der Waals surface area contributed by atoms with E-state index in [0.29, 0.717) is 19.4 Å². The Morgan fingerprint density at radius 3 is 2.50 bits per heavy atom. The third-order valence-electron chi connectivity index (χ3n) is 2.70. The second-order valence-electron chi connectivity index (χ2n) is 4.49. The van der Waals surface area contributed by atoms with Crippen LogP contribution in [0.2, 0.25) is 0 Å². The number of carboxylic acids is 1. The highest BCUT2D eigenvalue weighted by Crippen LogP contribution is 2.13. The minimum atomic E-state index is -0.909. The Morgan fingerprint density at radius 1 is 1.20 bits per heavy atom. The first-order chi connectivity index (χ1) is 9.61. The van der Waals surface area contributed by atoms with Crippen LogP contribution in [0.25, 0.3) is 0 Å². The zero-order valence-corrected chi connectivity index (χ0v) is 11.7. The molecule has 110 valence electrons. The lowest BCUT2D eigenvalue weighted by molar-refractivity contribution is -0.136. The highest BCUT2D eigenvalue weighted by molar-refractivity contribution is 5.77. The lowest BCUT2D eigenvalue weighted by atomic mass is 10.1. The number of benzene rings is 1. The molecule has 0 aliphatic carbocycles. The molecule has 0 aromatic heterocycles. The van der Waals surface area contributed by atoms with Gasteiger partial charge in [-0.3, -0.25) is 9.59 Å². The van der Waals surface area contributed by atoms with Crippen molar-refractivity contribution in [2.45, 2.75) is 32.6 Å². The smallest absolute Gasteiger partial charge is 0.305 e. The van der Waals surface area contributed by atoms with Crippen LogP contribution in [0.4, 0.5) is 0 Å². The molecule has 5 heteroatoms. The van der Waals surface area contributed by atoms with Gasteiger partial charge in [-0.2, -0.15) is 0 Å². The Hall–Kier alpha value is -2.04. The van der Waals surface area contributed by atoms with Gasteiger partial charge in [0.05, 0.1) is 13.0 Å². The summed E-state index contributed by atoms with van der Waals surface area (Å²) in [4.78, 5) is 21.8. The maximum absolute atomic E-state index is 11.5. The number of aryl methyl sites for hydroxylation is 1. The maximum Gasteiger partial charge on any atom is 0.305 e. The van der Waals surface area contributed by atoms with Crippen LogP contribution in [0.5, 0.6) is 5.75 Å². The van der Waals surface area contributed by atoms with Crippen molar-refractivity contribution >= 4 is 11.9 Å².